The average Bonchev–Trinajstić information content (AvgIpc) is 2.60. The number of methoxy groups -OCH3 is 1. The second kappa shape index (κ2) is 8.70. The van der Waals surface area contributed by atoms with Crippen LogP contribution in [-0.4, -0.2) is 22.6 Å². The van der Waals surface area contributed by atoms with Crippen molar-refractivity contribution >= 4 is 21.9 Å². The number of ether oxygens (including phenoxy) is 2. The average molecular weight is 429 g/mol. The Hall–Kier alpha value is -2.55. The first-order chi connectivity index (χ1) is 12.3. The molecule has 0 spiro atoms. The molecule has 1 aromatic heterocycles. The van der Waals surface area contributed by atoms with Gasteiger partial charge in [-0.2, -0.15) is 4.98 Å². The molecular formula is C17H15BrF2N2O4. The van der Waals surface area contributed by atoms with Crippen LogP contribution in [0.2, 0.25) is 0 Å². The summed E-state index contributed by atoms with van der Waals surface area (Å²) in [6, 6.07) is 3.11. The fourth-order valence-corrected chi connectivity index (χ4v) is 2.45. The summed E-state index contributed by atoms with van der Waals surface area (Å²) in [5.41, 5.74) is -0.301. The summed E-state index contributed by atoms with van der Waals surface area (Å²) in [4.78, 5) is 27.6. The van der Waals surface area contributed by atoms with Crippen LogP contribution in [0.3, 0.4) is 0 Å². The van der Waals surface area contributed by atoms with Crippen LogP contribution in [0.1, 0.15) is 11.4 Å². The molecular weight excluding hydrogens is 414 g/mol. The van der Waals surface area contributed by atoms with Gasteiger partial charge in [0.1, 0.15) is 28.5 Å². The van der Waals surface area contributed by atoms with Crippen LogP contribution in [0, 0.1) is 18.6 Å². The third-order valence-corrected chi connectivity index (χ3v) is 4.08. The van der Waals surface area contributed by atoms with Gasteiger partial charge in [0.15, 0.2) is 0 Å². The second-order valence-corrected chi connectivity index (χ2v) is 5.94. The molecule has 0 aliphatic rings. The van der Waals surface area contributed by atoms with Crippen LogP contribution in [0.15, 0.2) is 39.6 Å². The number of carbonyl (C=O) groups is 1. The zero-order valence-electron chi connectivity index (χ0n) is 14.0. The molecule has 1 aromatic carbocycles. The summed E-state index contributed by atoms with van der Waals surface area (Å²) in [5, 5.41) is 0. The summed E-state index contributed by atoms with van der Waals surface area (Å²) in [6.45, 7) is 1.48. The number of aryl methyl sites for hydroxylation is 1. The van der Waals surface area contributed by atoms with E-state index in [9.17, 15) is 18.4 Å². The highest BCUT2D eigenvalue weighted by molar-refractivity contribution is 9.10. The maximum Gasteiger partial charge on any atom is 0.330 e. The number of nitrogens with zero attached hydrogens (tertiary/aromatic N) is 2. The van der Waals surface area contributed by atoms with Crippen molar-refractivity contribution in [3.63, 3.8) is 0 Å². The molecule has 138 valence electrons. The van der Waals surface area contributed by atoms with E-state index in [1.807, 2.05) is 0 Å². The first kappa shape index (κ1) is 19.8. The molecule has 0 aliphatic heterocycles. The first-order valence-corrected chi connectivity index (χ1v) is 8.21. The Labute approximate surface area is 156 Å². The van der Waals surface area contributed by atoms with E-state index in [-0.39, 0.29) is 29.1 Å². The number of carbonyl (C=O) groups excluding carboxylic acids is 1. The Morgan fingerprint density at radius 1 is 1.38 bits per heavy atom. The second-order valence-electron chi connectivity index (χ2n) is 5.14. The van der Waals surface area contributed by atoms with Crippen molar-refractivity contribution in [3.05, 3.63) is 68.2 Å². The molecule has 0 bridgehead atoms. The third-order valence-electron chi connectivity index (χ3n) is 3.40. The Balaban J connectivity index is 2.19. The number of hydrogen-bond donors (Lipinski definition) is 0. The quantitative estimate of drug-likeness (QED) is 0.522. The molecule has 0 radical (unpaired) electrons. The van der Waals surface area contributed by atoms with Crippen molar-refractivity contribution < 1.29 is 23.0 Å². The van der Waals surface area contributed by atoms with Gasteiger partial charge in [0.05, 0.1) is 7.11 Å². The van der Waals surface area contributed by atoms with Gasteiger partial charge in [0, 0.05) is 24.3 Å². The number of allylic oxidation sites excluding steroid dienone is 1. The van der Waals surface area contributed by atoms with Crippen LogP contribution < -0.4 is 10.3 Å². The topological polar surface area (TPSA) is 70.4 Å². The highest BCUT2D eigenvalue weighted by atomic mass is 79.9. The lowest BCUT2D eigenvalue weighted by molar-refractivity contribution is -0.134. The molecule has 0 saturated heterocycles. The number of hydrogen-bond acceptors (Lipinski definition) is 5. The van der Waals surface area contributed by atoms with E-state index < -0.39 is 23.2 Å². The van der Waals surface area contributed by atoms with E-state index in [4.69, 9.17) is 4.74 Å². The molecule has 9 heteroatoms. The minimum absolute atomic E-state index is 0.00979. The van der Waals surface area contributed by atoms with Gasteiger partial charge in [-0.05, 0) is 35.0 Å². The van der Waals surface area contributed by atoms with Gasteiger partial charge >= 0.3 is 5.97 Å². The third kappa shape index (κ3) is 4.75. The van der Waals surface area contributed by atoms with Gasteiger partial charge in [-0.3, -0.25) is 9.36 Å². The van der Waals surface area contributed by atoms with Gasteiger partial charge < -0.3 is 9.47 Å². The summed E-state index contributed by atoms with van der Waals surface area (Å²) >= 11 is 3.11. The molecule has 1 heterocycles. The normalized spacial score (nSPS) is 11.0. The predicted octanol–water partition coefficient (Wildman–Crippen LogP) is 2.90. The van der Waals surface area contributed by atoms with Crippen molar-refractivity contribution in [3.8, 4) is 5.88 Å². The highest BCUT2D eigenvalue weighted by Crippen LogP contribution is 2.20. The largest absolute Gasteiger partial charge is 0.472 e. The number of benzene rings is 1. The smallest absolute Gasteiger partial charge is 0.330 e. The maximum absolute atomic E-state index is 13.6. The Kier molecular flexibility index (Phi) is 6.62. The fraction of sp³-hybridized carbons (Fsp3) is 0.235. The molecule has 6 nitrogen and oxygen atoms in total. The molecule has 0 N–H and O–H groups in total. The Bertz CT molecular complexity index is 912. The molecule has 26 heavy (non-hydrogen) atoms. The van der Waals surface area contributed by atoms with Crippen LogP contribution in [0.5, 0.6) is 5.88 Å². The number of esters is 1. The van der Waals surface area contributed by atoms with Crippen LogP contribution >= 0.6 is 15.9 Å². The van der Waals surface area contributed by atoms with Crippen LogP contribution in [-0.2, 0) is 22.7 Å². The maximum atomic E-state index is 13.6. The minimum Gasteiger partial charge on any atom is -0.472 e. The molecule has 0 unspecified atom stereocenters. The zero-order chi connectivity index (χ0) is 19.3. The van der Waals surface area contributed by atoms with Crippen molar-refractivity contribution in [2.24, 2.45) is 0 Å². The lowest BCUT2D eigenvalue weighted by atomic mass is 10.2. The minimum atomic E-state index is -0.751. The van der Waals surface area contributed by atoms with E-state index in [1.165, 1.54) is 29.9 Å². The van der Waals surface area contributed by atoms with E-state index in [2.05, 4.69) is 25.7 Å². The highest BCUT2D eigenvalue weighted by Gasteiger charge is 2.14. The summed E-state index contributed by atoms with van der Waals surface area (Å²) in [7, 11) is 1.25. The van der Waals surface area contributed by atoms with Gasteiger partial charge in [-0.15, -0.1) is 0 Å². The molecule has 0 fully saturated rings. The summed E-state index contributed by atoms with van der Waals surface area (Å²) in [6.07, 6.45) is 2.66. The molecule has 0 amide bonds. The van der Waals surface area contributed by atoms with Crippen molar-refractivity contribution in [2.45, 2.75) is 20.1 Å². The van der Waals surface area contributed by atoms with E-state index in [1.54, 1.807) is 6.92 Å². The van der Waals surface area contributed by atoms with Crippen LogP contribution in [0.25, 0.3) is 0 Å². The zero-order valence-corrected chi connectivity index (χ0v) is 15.5. The van der Waals surface area contributed by atoms with Gasteiger partial charge in [-0.25, -0.2) is 13.6 Å². The van der Waals surface area contributed by atoms with Crippen molar-refractivity contribution in [1.29, 1.82) is 0 Å². The van der Waals surface area contributed by atoms with Gasteiger partial charge in [-0.1, -0.05) is 6.08 Å². The molecule has 2 rings (SSSR count). The molecule has 0 saturated carbocycles. The first-order valence-electron chi connectivity index (χ1n) is 7.41. The Morgan fingerprint density at radius 3 is 2.77 bits per heavy atom. The van der Waals surface area contributed by atoms with Crippen LogP contribution in [0.4, 0.5) is 8.78 Å². The number of rotatable bonds is 6. The predicted molar refractivity (Wildman–Crippen MR) is 92.8 cm³/mol. The number of aromatic nitrogens is 2. The van der Waals surface area contributed by atoms with Crippen molar-refractivity contribution in [1.82, 2.24) is 9.55 Å². The standard InChI is InChI=1S/C17H15BrF2N2O4/c1-10-21-16(26-9-11-5-6-12(19)8-13(11)20)15(18)17(24)22(10)7-3-4-14(23)25-2/h3-6,8H,7,9H2,1-2H3. The SMILES string of the molecule is COC(=O)C=CCn1c(C)nc(OCc2ccc(F)cc2F)c(Br)c1=O. The number of halogens is 3. The monoisotopic (exact) mass is 428 g/mol. The summed E-state index contributed by atoms with van der Waals surface area (Å²) < 4.78 is 37.8. The van der Waals surface area contributed by atoms with E-state index in [0.29, 0.717) is 5.82 Å². The van der Waals surface area contributed by atoms with E-state index in [0.717, 1.165) is 12.1 Å². The molecule has 2 aromatic rings. The van der Waals surface area contributed by atoms with Gasteiger partial charge in [0.25, 0.3) is 5.56 Å². The van der Waals surface area contributed by atoms with E-state index >= 15 is 0 Å². The fourth-order valence-electron chi connectivity index (χ4n) is 2.03. The molecule has 0 atom stereocenters. The summed E-state index contributed by atoms with van der Waals surface area (Å²) in [5.74, 6) is -1.65. The van der Waals surface area contributed by atoms with Gasteiger partial charge in [0.2, 0.25) is 5.88 Å². The van der Waals surface area contributed by atoms with Crippen molar-refractivity contribution in [2.75, 3.05) is 7.11 Å². The lowest BCUT2D eigenvalue weighted by Crippen LogP contribution is -2.25. The lowest BCUT2D eigenvalue weighted by Gasteiger charge is -2.12. The Morgan fingerprint density at radius 2 is 2.12 bits per heavy atom. The molecule has 0 aliphatic carbocycles.